The highest BCUT2D eigenvalue weighted by Crippen LogP contribution is 2.12. The number of carboxylic acid groups (broad SMARTS) is 1. The third-order valence-corrected chi connectivity index (χ3v) is 2.13. The molecule has 1 rings (SSSR count). The number of rotatable bonds is 4. The summed E-state index contributed by atoms with van der Waals surface area (Å²) in [4.78, 5) is 12.6. The predicted octanol–water partition coefficient (Wildman–Crippen LogP) is 1.41. The molecule has 0 radical (unpaired) electrons. The van der Waals surface area contributed by atoms with Crippen LogP contribution in [0.3, 0.4) is 0 Å². The quantitative estimate of drug-likeness (QED) is 0.812. The number of hydrogen-bond acceptors (Lipinski definition) is 4. The van der Waals surface area contributed by atoms with Crippen LogP contribution in [0.5, 0.6) is 0 Å². The SMILES string of the molecule is CCN(c1ccc(C(=O)O)nn1)C(C)C. The summed E-state index contributed by atoms with van der Waals surface area (Å²) < 4.78 is 0. The minimum absolute atomic E-state index is 0.0291. The molecule has 0 spiro atoms. The lowest BCUT2D eigenvalue weighted by Gasteiger charge is -2.25. The summed E-state index contributed by atoms with van der Waals surface area (Å²) >= 11 is 0. The Balaban J connectivity index is 2.92. The molecule has 0 saturated heterocycles. The van der Waals surface area contributed by atoms with Gasteiger partial charge < -0.3 is 10.0 Å². The molecule has 0 amide bonds. The third-order valence-electron chi connectivity index (χ3n) is 2.13. The topological polar surface area (TPSA) is 66.3 Å². The zero-order chi connectivity index (χ0) is 11.4. The van der Waals surface area contributed by atoms with Gasteiger partial charge in [-0.15, -0.1) is 10.2 Å². The molecule has 0 aromatic carbocycles. The maximum absolute atomic E-state index is 10.6. The normalized spacial score (nSPS) is 10.4. The second-order valence-electron chi connectivity index (χ2n) is 3.46. The van der Waals surface area contributed by atoms with Crippen molar-refractivity contribution in [2.24, 2.45) is 0 Å². The molecule has 1 N–H and O–H groups in total. The molecule has 0 aliphatic carbocycles. The first kappa shape index (κ1) is 11.4. The Labute approximate surface area is 88.7 Å². The summed E-state index contributed by atoms with van der Waals surface area (Å²) in [5.41, 5.74) is -0.0291. The summed E-state index contributed by atoms with van der Waals surface area (Å²) in [6.45, 7) is 6.94. The van der Waals surface area contributed by atoms with Gasteiger partial charge in [0.2, 0.25) is 0 Å². The van der Waals surface area contributed by atoms with E-state index in [0.29, 0.717) is 11.9 Å². The van der Waals surface area contributed by atoms with Crippen LogP contribution in [0.25, 0.3) is 0 Å². The molecule has 0 bridgehead atoms. The first-order valence-electron chi connectivity index (χ1n) is 4.90. The lowest BCUT2D eigenvalue weighted by Crippen LogP contribution is -2.31. The highest BCUT2D eigenvalue weighted by Gasteiger charge is 2.11. The molecule has 1 heterocycles. The predicted molar refractivity (Wildman–Crippen MR) is 57.1 cm³/mol. The number of carboxylic acids is 1. The molecule has 1 aromatic rings. The number of hydrogen-bond donors (Lipinski definition) is 1. The highest BCUT2D eigenvalue weighted by atomic mass is 16.4. The summed E-state index contributed by atoms with van der Waals surface area (Å²) in [5, 5.41) is 16.2. The largest absolute Gasteiger partial charge is 0.476 e. The van der Waals surface area contributed by atoms with Gasteiger partial charge in [0.25, 0.3) is 0 Å². The molecule has 0 unspecified atom stereocenters. The smallest absolute Gasteiger partial charge is 0.356 e. The monoisotopic (exact) mass is 209 g/mol. The Kier molecular flexibility index (Phi) is 3.60. The molecular formula is C10H15N3O2. The lowest BCUT2D eigenvalue weighted by atomic mass is 10.3. The highest BCUT2D eigenvalue weighted by molar-refractivity contribution is 5.85. The van der Waals surface area contributed by atoms with Crippen LogP contribution >= 0.6 is 0 Å². The van der Waals surface area contributed by atoms with Crippen molar-refractivity contribution in [1.29, 1.82) is 0 Å². The lowest BCUT2D eigenvalue weighted by molar-refractivity contribution is 0.0689. The second-order valence-corrected chi connectivity index (χ2v) is 3.46. The van der Waals surface area contributed by atoms with E-state index in [2.05, 4.69) is 24.0 Å². The van der Waals surface area contributed by atoms with E-state index in [4.69, 9.17) is 5.11 Å². The molecule has 1 aromatic heterocycles. The Morgan fingerprint density at radius 1 is 1.47 bits per heavy atom. The second kappa shape index (κ2) is 4.72. The molecule has 0 atom stereocenters. The van der Waals surface area contributed by atoms with Crippen molar-refractivity contribution >= 4 is 11.8 Å². The van der Waals surface area contributed by atoms with Crippen LogP contribution in [0.1, 0.15) is 31.3 Å². The fourth-order valence-corrected chi connectivity index (χ4v) is 1.38. The Morgan fingerprint density at radius 2 is 2.13 bits per heavy atom. The molecule has 82 valence electrons. The van der Waals surface area contributed by atoms with Gasteiger partial charge in [-0.1, -0.05) is 0 Å². The molecule has 5 nitrogen and oxygen atoms in total. The summed E-state index contributed by atoms with van der Waals surface area (Å²) in [5.74, 6) is -0.348. The fraction of sp³-hybridized carbons (Fsp3) is 0.500. The molecule has 0 fully saturated rings. The average molecular weight is 209 g/mol. The van der Waals surface area contributed by atoms with Crippen molar-refractivity contribution < 1.29 is 9.90 Å². The summed E-state index contributed by atoms with van der Waals surface area (Å²) in [6, 6.07) is 3.47. The van der Waals surface area contributed by atoms with E-state index in [1.807, 2.05) is 11.8 Å². The Hall–Kier alpha value is -1.65. The van der Waals surface area contributed by atoms with Gasteiger partial charge >= 0.3 is 5.97 Å². The van der Waals surface area contributed by atoms with Gasteiger partial charge in [-0.2, -0.15) is 0 Å². The van der Waals surface area contributed by atoms with E-state index >= 15 is 0 Å². The van der Waals surface area contributed by atoms with Crippen molar-refractivity contribution in [2.45, 2.75) is 26.8 Å². The third kappa shape index (κ3) is 2.65. The van der Waals surface area contributed by atoms with E-state index in [0.717, 1.165) is 6.54 Å². The zero-order valence-electron chi connectivity index (χ0n) is 9.14. The molecule has 0 saturated carbocycles. The van der Waals surface area contributed by atoms with Crippen molar-refractivity contribution in [3.63, 3.8) is 0 Å². The zero-order valence-corrected chi connectivity index (χ0v) is 9.14. The number of nitrogens with zero attached hydrogens (tertiary/aromatic N) is 3. The van der Waals surface area contributed by atoms with Crippen molar-refractivity contribution in [2.75, 3.05) is 11.4 Å². The molecule has 5 heteroatoms. The fourth-order valence-electron chi connectivity index (χ4n) is 1.38. The maximum Gasteiger partial charge on any atom is 0.356 e. The average Bonchev–Trinajstić information content (AvgIpc) is 2.19. The molecule has 0 aliphatic rings. The first-order chi connectivity index (χ1) is 7.06. The van der Waals surface area contributed by atoms with E-state index in [1.54, 1.807) is 6.07 Å². The van der Waals surface area contributed by atoms with Crippen LogP contribution in [0.2, 0.25) is 0 Å². The van der Waals surface area contributed by atoms with Crippen LogP contribution in [-0.2, 0) is 0 Å². The number of aromatic carboxylic acids is 1. The van der Waals surface area contributed by atoms with Gasteiger partial charge in [0.15, 0.2) is 11.5 Å². The van der Waals surface area contributed by atoms with Crippen molar-refractivity contribution in [1.82, 2.24) is 10.2 Å². The van der Waals surface area contributed by atoms with E-state index < -0.39 is 5.97 Å². The van der Waals surface area contributed by atoms with Crippen molar-refractivity contribution in [3.05, 3.63) is 17.8 Å². The van der Waals surface area contributed by atoms with E-state index in [-0.39, 0.29) is 5.69 Å². The van der Waals surface area contributed by atoms with Crippen LogP contribution in [0.15, 0.2) is 12.1 Å². The van der Waals surface area contributed by atoms with Gasteiger partial charge in [-0.3, -0.25) is 0 Å². The van der Waals surface area contributed by atoms with E-state index in [9.17, 15) is 4.79 Å². The van der Waals surface area contributed by atoms with Crippen molar-refractivity contribution in [3.8, 4) is 0 Å². The molecule has 0 aliphatic heterocycles. The van der Waals surface area contributed by atoms with Gasteiger partial charge in [0.05, 0.1) is 0 Å². The van der Waals surface area contributed by atoms with Gasteiger partial charge in [0.1, 0.15) is 0 Å². The van der Waals surface area contributed by atoms with Crippen LogP contribution in [0.4, 0.5) is 5.82 Å². The standard InChI is InChI=1S/C10H15N3O2/c1-4-13(7(2)3)9-6-5-8(10(14)15)11-12-9/h5-7H,4H2,1-3H3,(H,14,15). The van der Waals surface area contributed by atoms with Gasteiger partial charge in [-0.25, -0.2) is 4.79 Å². The van der Waals surface area contributed by atoms with E-state index in [1.165, 1.54) is 6.07 Å². The minimum Gasteiger partial charge on any atom is -0.476 e. The summed E-state index contributed by atoms with van der Waals surface area (Å²) in [7, 11) is 0. The van der Waals surface area contributed by atoms with Crippen LogP contribution < -0.4 is 4.90 Å². The summed E-state index contributed by atoms with van der Waals surface area (Å²) in [6.07, 6.45) is 0. The van der Waals surface area contributed by atoms with Crippen LogP contribution in [-0.4, -0.2) is 33.9 Å². The minimum atomic E-state index is -1.05. The Morgan fingerprint density at radius 3 is 2.47 bits per heavy atom. The van der Waals surface area contributed by atoms with Gasteiger partial charge in [0, 0.05) is 12.6 Å². The Bertz CT molecular complexity index is 335. The number of aromatic nitrogens is 2. The van der Waals surface area contributed by atoms with Gasteiger partial charge in [-0.05, 0) is 32.9 Å². The molecule has 15 heavy (non-hydrogen) atoms. The number of carbonyl (C=O) groups is 1. The molecular weight excluding hydrogens is 194 g/mol. The number of anilines is 1. The first-order valence-corrected chi connectivity index (χ1v) is 4.90. The maximum atomic E-state index is 10.6. The van der Waals surface area contributed by atoms with Crippen LogP contribution in [0, 0.1) is 0 Å².